The van der Waals surface area contributed by atoms with Gasteiger partial charge in [0.15, 0.2) is 4.08 Å². The van der Waals surface area contributed by atoms with Crippen molar-refractivity contribution >= 4 is 53.3 Å². The first-order chi connectivity index (χ1) is 21.6. The third-order valence-electron chi connectivity index (χ3n) is 7.13. The van der Waals surface area contributed by atoms with Crippen LogP contribution in [0.2, 0.25) is 0 Å². The molecule has 1 aliphatic rings. The first-order valence-corrected chi connectivity index (χ1v) is 18.0. The standard InChI is InChI=1S/C35H42N2O5S3/c1-34(2,3)42-33(40)36-31(43-23-26-15-8-5-9-16-26)35(44-24-27-17-10-6-11-18-27,45-25-28-19-12-7-13-20-28)32(39)37-22-14-21-29(37)30(38)41-4/h5-13,15-20,29,31H,14,21-25H2,1-4H3,(H,36,40). The highest BCUT2D eigenvalue weighted by molar-refractivity contribution is 8.20. The molecule has 1 aliphatic heterocycles. The molecule has 3 aromatic carbocycles. The molecule has 2 unspecified atom stereocenters. The molecule has 0 aliphatic carbocycles. The number of carbonyl (C=O) groups is 3. The molecule has 1 saturated heterocycles. The van der Waals surface area contributed by atoms with Gasteiger partial charge in [0.2, 0.25) is 0 Å². The van der Waals surface area contributed by atoms with E-state index in [-0.39, 0.29) is 5.91 Å². The lowest BCUT2D eigenvalue weighted by molar-refractivity contribution is -0.151. The molecule has 3 aromatic rings. The summed E-state index contributed by atoms with van der Waals surface area (Å²) in [6.45, 7) is 5.88. The van der Waals surface area contributed by atoms with Gasteiger partial charge in [0.1, 0.15) is 17.0 Å². The van der Waals surface area contributed by atoms with Gasteiger partial charge in [-0.05, 0) is 50.3 Å². The van der Waals surface area contributed by atoms with Gasteiger partial charge in [0.25, 0.3) is 5.91 Å². The van der Waals surface area contributed by atoms with Crippen LogP contribution in [0.15, 0.2) is 91.0 Å². The van der Waals surface area contributed by atoms with Gasteiger partial charge in [-0.15, -0.1) is 35.3 Å². The van der Waals surface area contributed by atoms with Gasteiger partial charge in [-0.2, -0.15) is 0 Å². The van der Waals surface area contributed by atoms with Crippen molar-refractivity contribution in [1.82, 2.24) is 10.2 Å². The number of hydrogen-bond acceptors (Lipinski definition) is 8. The van der Waals surface area contributed by atoms with E-state index in [4.69, 9.17) is 9.47 Å². The minimum absolute atomic E-state index is 0.209. The van der Waals surface area contributed by atoms with E-state index >= 15 is 4.79 Å². The predicted octanol–water partition coefficient (Wildman–Crippen LogP) is 7.50. The van der Waals surface area contributed by atoms with Crippen LogP contribution in [0.3, 0.4) is 0 Å². The molecule has 1 N–H and O–H groups in total. The average Bonchev–Trinajstić information content (AvgIpc) is 3.53. The summed E-state index contributed by atoms with van der Waals surface area (Å²) in [6, 6.07) is 29.3. The Morgan fingerprint density at radius 2 is 1.31 bits per heavy atom. The third kappa shape index (κ3) is 9.95. The van der Waals surface area contributed by atoms with Crippen LogP contribution in [-0.2, 0) is 36.3 Å². The van der Waals surface area contributed by atoms with Crippen molar-refractivity contribution in [3.05, 3.63) is 108 Å². The van der Waals surface area contributed by atoms with E-state index in [9.17, 15) is 9.59 Å². The number of carbonyl (C=O) groups excluding carboxylic acids is 3. The second kappa shape index (κ2) is 16.5. The Labute approximate surface area is 279 Å². The minimum Gasteiger partial charge on any atom is -0.467 e. The topological polar surface area (TPSA) is 84.9 Å². The predicted molar refractivity (Wildman–Crippen MR) is 186 cm³/mol. The van der Waals surface area contributed by atoms with Gasteiger partial charge in [0.05, 0.1) is 7.11 Å². The summed E-state index contributed by atoms with van der Waals surface area (Å²) in [7, 11) is 1.35. The van der Waals surface area contributed by atoms with E-state index in [1.165, 1.54) is 42.4 Å². The molecule has 240 valence electrons. The summed E-state index contributed by atoms with van der Waals surface area (Å²) < 4.78 is 9.63. The van der Waals surface area contributed by atoms with Crippen molar-refractivity contribution < 1.29 is 23.9 Å². The highest BCUT2D eigenvalue weighted by Gasteiger charge is 2.53. The van der Waals surface area contributed by atoms with Gasteiger partial charge in [-0.25, -0.2) is 9.59 Å². The molecule has 4 rings (SSSR count). The molecular weight excluding hydrogens is 625 g/mol. The van der Waals surface area contributed by atoms with E-state index < -0.39 is 33.2 Å². The zero-order valence-corrected chi connectivity index (χ0v) is 28.7. The van der Waals surface area contributed by atoms with E-state index in [2.05, 4.69) is 5.32 Å². The summed E-state index contributed by atoms with van der Waals surface area (Å²) in [5.74, 6) is 0.949. The molecular formula is C35H42N2O5S3. The molecule has 45 heavy (non-hydrogen) atoms. The molecule has 1 fully saturated rings. The molecule has 7 nitrogen and oxygen atoms in total. The number of methoxy groups -OCH3 is 1. The van der Waals surface area contributed by atoms with Gasteiger partial charge < -0.3 is 19.7 Å². The van der Waals surface area contributed by atoms with Crippen LogP contribution in [0.25, 0.3) is 0 Å². The van der Waals surface area contributed by atoms with Gasteiger partial charge in [0, 0.05) is 23.8 Å². The van der Waals surface area contributed by atoms with Crippen LogP contribution in [0.5, 0.6) is 0 Å². The fourth-order valence-electron chi connectivity index (χ4n) is 4.96. The average molecular weight is 667 g/mol. The Hall–Kier alpha value is -3.08. The van der Waals surface area contributed by atoms with Crippen LogP contribution in [0, 0.1) is 0 Å². The normalized spacial score (nSPS) is 15.7. The highest BCUT2D eigenvalue weighted by atomic mass is 32.2. The van der Waals surface area contributed by atoms with Crippen LogP contribution < -0.4 is 5.32 Å². The van der Waals surface area contributed by atoms with Crippen LogP contribution in [0.1, 0.15) is 50.3 Å². The Morgan fingerprint density at radius 1 is 0.822 bits per heavy atom. The maximum Gasteiger partial charge on any atom is 0.408 e. The molecule has 2 atom stereocenters. The van der Waals surface area contributed by atoms with Crippen molar-refractivity contribution in [2.45, 2.75) is 72.0 Å². The minimum atomic E-state index is -1.24. The van der Waals surface area contributed by atoms with Gasteiger partial charge >= 0.3 is 12.1 Å². The molecule has 0 aromatic heterocycles. The zero-order valence-electron chi connectivity index (χ0n) is 26.3. The number of nitrogens with zero attached hydrogens (tertiary/aromatic N) is 1. The molecule has 0 saturated carbocycles. The van der Waals surface area contributed by atoms with Crippen molar-refractivity contribution in [3.8, 4) is 0 Å². The number of amides is 2. The summed E-state index contributed by atoms with van der Waals surface area (Å²) >= 11 is 4.47. The number of likely N-dealkylation sites (tertiary alicyclic amines) is 1. The summed E-state index contributed by atoms with van der Waals surface area (Å²) in [5, 5.41) is 2.40. The molecule has 0 spiro atoms. The summed E-state index contributed by atoms with van der Waals surface area (Å²) in [5.41, 5.74) is 2.43. The van der Waals surface area contributed by atoms with E-state index in [1.54, 1.807) is 4.90 Å². The quantitative estimate of drug-likeness (QED) is 0.148. The van der Waals surface area contributed by atoms with Crippen LogP contribution >= 0.6 is 35.3 Å². The largest absolute Gasteiger partial charge is 0.467 e. The Balaban J connectivity index is 1.81. The van der Waals surface area contributed by atoms with Gasteiger partial charge in [-0.3, -0.25) is 4.79 Å². The number of hydrogen-bond donors (Lipinski definition) is 1. The van der Waals surface area contributed by atoms with Crippen molar-refractivity contribution in [3.63, 3.8) is 0 Å². The number of alkyl carbamates (subject to hydrolysis) is 1. The lowest BCUT2D eigenvalue weighted by Crippen LogP contribution is -2.58. The van der Waals surface area contributed by atoms with Crippen LogP contribution in [0.4, 0.5) is 4.79 Å². The smallest absolute Gasteiger partial charge is 0.408 e. The maximum atomic E-state index is 15.1. The summed E-state index contributed by atoms with van der Waals surface area (Å²) in [4.78, 5) is 43.2. The maximum absolute atomic E-state index is 15.1. The molecule has 2 amide bonds. The SMILES string of the molecule is COC(=O)C1CCCN1C(=O)C(SCc1ccccc1)(SCc1ccccc1)C(NC(=O)OC(C)(C)C)SCc1ccccc1. The monoisotopic (exact) mass is 666 g/mol. The number of benzene rings is 3. The lowest BCUT2D eigenvalue weighted by Gasteiger charge is -2.42. The fraction of sp³-hybridized carbons (Fsp3) is 0.400. The van der Waals surface area contributed by atoms with Crippen molar-refractivity contribution in [2.24, 2.45) is 0 Å². The number of esters is 1. The second-order valence-corrected chi connectivity index (χ2v) is 15.5. The molecule has 0 radical (unpaired) electrons. The number of thioether (sulfide) groups is 3. The Kier molecular flexibility index (Phi) is 12.7. The Bertz CT molecular complexity index is 1340. The first kappa shape index (κ1) is 34.8. The van der Waals surface area contributed by atoms with Crippen LogP contribution in [-0.4, -0.2) is 57.6 Å². The van der Waals surface area contributed by atoms with Crippen molar-refractivity contribution in [2.75, 3.05) is 13.7 Å². The molecule has 1 heterocycles. The van der Waals surface area contributed by atoms with Gasteiger partial charge in [-0.1, -0.05) is 91.0 Å². The Morgan fingerprint density at radius 3 is 1.78 bits per heavy atom. The third-order valence-corrected chi connectivity index (χ3v) is 12.1. The molecule has 0 bridgehead atoms. The lowest BCUT2D eigenvalue weighted by atomic mass is 10.2. The number of rotatable bonds is 13. The van der Waals surface area contributed by atoms with E-state index in [1.807, 2.05) is 112 Å². The first-order valence-electron chi connectivity index (χ1n) is 15.0. The highest BCUT2D eigenvalue weighted by Crippen LogP contribution is 2.50. The fourth-order valence-corrected chi connectivity index (χ4v) is 9.57. The van der Waals surface area contributed by atoms with Crippen molar-refractivity contribution in [1.29, 1.82) is 0 Å². The van der Waals surface area contributed by atoms with E-state index in [0.717, 1.165) is 16.7 Å². The number of nitrogens with one attached hydrogen (secondary N) is 1. The summed E-state index contributed by atoms with van der Waals surface area (Å²) in [6.07, 6.45) is 0.620. The number of ether oxygens (including phenoxy) is 2. The van der Waals surface area contributed by atoms with E-state index in [0.29, 0.717) is 36.6 Å². The zero-order chi connectivity index (χ0) is 32.3. The molecule has 10 heteroatoms. The second-order valence-electron chi connectivity index (χ2n) is 11.7.